The maximum absolute atomic E-state index is 10.6. The summed E-state index contributed by atoms with van der Waals surface area (Å²) in [6.07, 6.45) is 0.802. The lowest BCUT2D eigenvalue weighted by Gasteiger charge is -1.94. The van der Waals surface area contributed by atoms with Gasteiger partial charge in [0, 0.05) is 22.9 Å². The zero-order valence-electron chi connectivity index (χ0n) is 9.46. The molecule has 0 amide bonds. The van der Waals surface area contributed by atoms with Crippen molar-refractivity contribution in [3.8, 4) is 11.5 Å². The molecule has 18 heavy (non-hydrogen) atoms. The fourth-order valence-electron chi connectivity index (χ4n) is 1.77. The molecule has 4 heteroatoms. The highest BCUT2D eigenvalue weighted by molar-refractivity contribution is 5.80. The van der Waals surface area contributed by atoms with Gasteiger partial charge >= 0.3 is 0 Å². The minimum absolute atomic E-state index is 0.521. The number of aromatic nitrogens is 1. The van der Waals surface area contributed by atoms with Crippen LogP contribution in [0.4, 0.5) is 5.69 Å². The molecule has 88 valence electrons. The molecule has 0 bridgehead atoms. The molecule has 1 aromatic heterocycles. The van der Waals surface area contributed by atoms with Gasteiger partial charge in [0.25, 0.3) is 0 Å². The van der Waals surface area contributed by atoms with E-state index in [1.807, 2.05) is 6.07 Å². The molecule has 0 spiro atoms. The van der Waals surface area contributed by atoms with Crippen LogP contribution in [0.25, 0.3) is 22.6 Å². The molecule has 3 rings (SSSR count). The van der Waals surface area contributed by atoms with Crippen LogP contribution in [0.3, 0.4) is 0 Å². The Morgan fingerprint density at radius 3 is 2.61 bits per heavy atom. The normalized spacial score (nSPS) is 10.7. The number of nitrogen functional groups attached to an aromatic ring is 1. The Labute approximate surface area is 103 Å². The van der Waals surface area contributed by atoms with E-state index in [2.05, 4.69) is 4.98 Å². The molecule has 0 aliphatic heterocycles. The molecule has 0 saturated heterocycles. The number of rotatable bonds is 2. The van der Waals surface area contributed by atoms with Crippen LogP contribution >= 0.6 is 0 Å². The lowest BCUT2D eigenvalue weighted by molar-refractivity contribution is 0.112. The van der Waals surface area contributed by atoms with Gasteiger partial charge in [0.2, 0.25) is 5.89 Å². The van der Waals surface area contributed by atoms with Crippen LogP contribution in [0.15, 0.2) is 46.9 Å². The molecule has 0 saturated carbocycles. The lowest BCUT2D eigenvalue weighted by Crippen LogP contribution is -1.81. The SMILES string of the molecule is Nc1ccc2nc(-c3ccc(C=O)cc3)oc2c1. The summed E-state index contributed by atoms with van der Waals surface area (Å²) >= 11 is 0. The maximum Gasteiger partial charge on any atom is 0.227 e. The van der Waals surface area contributed by atoms with Gasteiger partial charge < -0.3 is 10.2 Å². The fraction of sp³-hybridized carbons (Fsp3) is 0. The Hall–Kier alpha value is -2.62. The van der Waals surface area contributed by atoms with Crippen LogP contribution in [0.1, 0.15) is 10.4 Å². The Balaban J connectivity index is 2.10. The number of benzene rings is 2. The van der Waals surface area contributed by atoms with Crippen LogP contribution in [-0.4, -0.2) is 11.3 Å². The molecular formula is C14H10N2O2. The van der Waals surface area contributed by atoms with Gasteiger partial charge in [0.15, 0.2) is 5.58 Å². The average Bonchev–Trinajstić information content (AvgIpc) is 2.81. The quantitative estimate of drug-likeness (QED) is 0.550. The van der Waals surface area contributed by atoms with Crippen LogP contribution in [0, 0.1) is 0 Å². The first-order valence-corrected chi connectivity index (χ1v) is 5.48. The third-order valence-electron chi connectivity index (χ3n) is 2.71. The van der Waals surface area contributed by atoms with E-state index < -0.39 is 0 Å². The second kappa shape index (κ2) is 4.00. The van der Waals surface area contributed by atoms with E-state index in [4.69, 9.17) is 10.2 Å². The van der Waals surface area contributed by atoms with Gasteiger partial charge in [-0.05, 0) is 24.3 Å². The van der Waals surface area contributed by atoms with Crippen molar-refractivity contribution in [2.45, 2.75) is 0 Å². The second-order valence-electron chi connectivity index (χ2n) is 3.99. The second-order valence-corrected chi connectivity index (χ2v) is 3.99. The molecule has 0 fully saturated rings. The van der Waals surface area contributed by atoms with E-state index in [0.717, 1.165) is 17.4 Å². The summed E-state index contributed by atoms with van der Waals surface area (Å²) in [5.41, 5.74) is 9.20. The van der Waals surface area contributed by atoms with Crippen molar-refractivity contribution in [2.75, 3.05) is 5.73 Å². The minimum Gasteiger partial charge on any atom is -0.436 e. The van der Waals surface area contributed by atoms with Crippen molar-refractivity contribution in [1.29, 1.82) is 0 Å². The Morgan fingerprint density at radius 1 is 1.11 bits per heavy atom. The highest BCUT2D eigenvalue weighted by atomic mass is 16.3. The topological polar surface area (TPSA) is 69.1 Å². The zero-order chi connectivity index (χ0) is 12.5. The summed E-state index contributed by atoms with van der Waals surface area (Å²) in [7, 11) is 0. The molecule has 1 heterocycles. The maximum atomic E-state index is 10.6. The van der Waals surface area contributed by atoms with Crippen LogP contribution in [0.5, 0.6) is 0 Å². The third-order valence-corrected chi connectivity index (χ3v) is 2.71. The van der Waals surface area contributed by atoms with Gasteiger partial charge in [-0.3, -0.25) is 4.79 Å². The number of anilines is 1. The fourth-order valence-corrected chi connectivity index (χ4v) is 1.77. The highest BCUT2D eigenvalue weighted by Gasteiger charge is 2.08. The summed E-state index contributed by atoms with van der Waals surface area (Å²) in [5, 5.41) is 0. The highest BCUT2D eigenvalue weighted by Crippen LogP contribution is 2.25. The summed E-state index contributed by atoms with van der Waals surface area (Å²) in [5.74, 6) is 0.521. The standard InChI is InChI=1S/C14H10N2O2/c15-11-5-6-12-13(7-11)18-14(16-12)10-3-1-9(8-17)2-4-10/h1-8H,15H2. The summed E-state index contributed by atoms with van der Waals surface area (Å²) < 4.78 is 5.63. The van der Waals surface area contributed by atoms with E-state index in [1.165, 1.54) is 0 Å². The van der Waals surface area contributed by atoms with E-state index in [-0.39, 0.29) is 0 Å². The van der Waals surface area contributed by atoms with Crippen molar-refractivity contribution >= 4 is 23.1 Å². The van der Waals surface area contributed by atoms with E-state index in [0.29, 0.717) is 22.7 Å². The zero-order valence-corrected chi connectivity index (χ0v) is 9.46. The first-order chi connectivity index (χ1) is 8.76. The average molecular weight is 238 g/mol. The summed E-state index contributed by atoms with van der Waals surface area (Å²) in [6.45, 7) is 0. The summed E-state index contributed by atoms with van der Waals surface area (Å²) in [6, 6.07) is 12.4. The lowest BCUT2D eigenvalue weighted by atomic mass is 10.1. The number of carbonyl (C=O) groups excluding carboxylic acids is 1. The van der Waals surface area contributed by atoms with Gasteiger partial charge in [-0.15, -0.1) is 0 Å². The van der Waals surface area contributed by atoms with Crippen molar-refractivity contribution in [3.05, 3.63) is 48.0 Å². The summed E-state index contributed by atoms with van der Waals surface area (Å²) in [4.78, 5) is 14.9. The van der Waals surface area contributed by atoms with E-state index >= 15 is 0 Å². The van der Waals surface area contributed by atoms with Crippen molar-refractivity contribution < 1.29 is 9.21 Å². The van der Waals surface area contributed by atoms with Gasteiger partial charge in [-0.2, -0.15) is 0 Å². The number of hydrogen-bond acceptors (Lipinski definition) is 4. The molecule has 0 radical (unpaired) electrons. The molecule has 0 aliphatic carbocycles. The molecule has 0 unspecified atom stereocenters. The number of hydrogen-bond donors (Lipinski definition) is 1. The Kier molecular flexibility index (Phi) is 2.34. The van der Waals surface area contributed by atoms with Crippen molar-refractivity contribution in [2.24, 2.45) is 0 Å². The number of nitrogens with zero attached hydrogens (tertiary/aromatic N) is 1. The molecule has 3 aromatic rings. The predicted octanol–water partition coefficient (Wildman–Crippen LogP) is 2.89. The van der Waals surface area contributed by atoms with E-state index in [9.17, 15) is 4.79 Å². The number of nitrogens with two attached hydrogens (primary N) is 1. The van der Waals surface area contributed by atoms with Crippen molar-refractivity contribution in [1.82, 2.24) is 4.98 Å². The number of oxazole rings is 1. The molecule has 4 nitrogen and oxygen atoms in total. The third kappa shape index (κ3) is 1.73. The first-order valence-electron chi connectivity index (χ1n) is 5.48. The smallest absolute Gasteiger partial charge is 0.227 e. The minimum atomic E-state index is 0.521. The molecule has 2 aromatic carbocycles. The van der Waals surface area contributed by atoms with Gasteiger partial charge in [0.05, 0.1) is 0 Å². The Bertz CT molecular complexity index is 714. The predicted molar refractivity (Wildman–Crippen MR) is 69.2 cm³/mol. The van der Waals surface area contributed by atoms with Gasteiger partial charge in [0.1, 0.15) is 11.8 Å². The molecule has 0 atom stereocenters. The van der Waals surface area contributed by atoms with Gasteiger partial charge in [-0.1, -0.05) is 12.1 Å². The van der Waals surface area contributed by atoms with Crippen LogP contribution in [-0.2, 0) is 0 Å². The largest absolute Gasteiger partial charge is 0.436 e. The molecule has 0 aliphatic rings. The van der Waals surface area contributed by atoms with Crippen LogP contribution < -0.4 is 5.73 Å². The van der Waals surface area contributed by atoms with E-state index in [1.54, 1.807) is 36.4 Å². The molecule has 2 N–H and O–H groups in total. The molecular weight excluding hydrogens is 228 g/mol. The van der Waals surface area contributed by atoms with Crippen LogP contribution in [0.2, 0.25) is 0 Å². The number of carbonyl (C=O) groups is 1. The Morgan fingerprint density at radius 2 is 1.89 bits per heavy atom. The van der Waals surface area contributed by atoms with Crippen molar-refractivity contribution in [3.63, 3.8) is 0 Å². The number of aldehydes is 1. The monoisotopic (exact) mass is 238 g/mol. The first kappa shape index (κ1) is 10.5. The number of fused-ring (bicyclic) bond motifs is 1. The van der Waals surface area contributed by atoms with Gasteiger partial charge in [-0.25, -0.2) is 4.98 Å².